The van der Waals surface area contributed by atoms with Crippen molar-refractivity contribution in [2.24, 2.45) is 5.41 Å². The van der Waals surface area contributed by atoms with Gasteiger partial charge in [-0.2, -0.15) is 13.2 Å². The summed E-state index contributed by atoms with van der Waals surface area (Å²) in [5, 5.41) is 0.918. The van der Waals surface area contributed by atoms with E-state index < -0.39 is 34.2 Å². The fourth-order valence-electron chi connectivity index (χ4n) is 1.45. The van der Waals surface area contributed by atoms with Crippen LogP contribution in [0, 0.1) is 5.41 Å². The molecular formula is C14H15ClF3NO2. The molecule has 116 valence electrons. The minimum absolute atomic E-state index is 0.139. The van der Waals surface area contributed by atoms with E-state index in [0.717, 1.165) is 24.3 Å². The molecule has 0 saturated carbocycles. The van der Waals surface area contributed by atoms with E-state index in [0.29, 0.717) is 0 Å². The van der Waals surface area contributed by atoms with Crippen molar-refractivity contribution >= 4 is 29.0 Å². The van der Waals surface area contributed by atoms with Crippen molar-refractivity contribution < 1.29 is 22.8 Å². The molecule has 1 aromatic carbocycles. The van der Waals surface area contributed by atoms with Crippen molar-refractivity contribution in [3.8, 4) is 0 Å². The predicted molar refractivity (Wildman–Crippen MR) is 74.2 cm³/mol. The lowest BCUT2D eigenvalue weighted by Crippen LogP contribution is -2.37. The van der Waals surface area contributed by atoms with E-state index in [1.807, 2.05) is 0 Å². The molecule has 1 rings (SSSR count). The minimum atomic E-state index is -4.44. The molecule has 1 N–H and O–H groups in total. The molecule has 0 aromatic heterocycles. The first-order chi connectivity index (χ1) is 9.43. The maximum Gasteiger partial charge on any atom is 0.416 e. The second-order valence-corrected chi connectivity index (χ2v) is 5.98. The molecule has 0 heterocycles. The first-order valence-corrected chi connectivity index (χ1v) is 6.53. The summed E-state index contributed by atoms with van der Waals surface area (Å²) in [6, 6.07) is 3.88. The molecule has 1 atom stereocenters. The second kappa shape index (κ2) is 6.05. The first-order valence-electron chi connectivity index (χ1n) is 6.09. The highest BCUT2D eigenvalue weighted by Gasteiger charge is 2.33. The number of nitrogens with one attached hydrogen (secondary N) is 1. The van der Waals surface area contributed by atoms with Gasteiger partial charge in [0.2, 0.25) is 5.91 Å². The zero-order valence-corrected chi connectivity index (χ0v) is 12.5. The fourth-order valence-corrected chi connectivity index (χ4v) is 1.83. The smallest absolute Gasteiger partial charge is 0.324 e. The average molecular weight is 322 g/mol. The summed E-state index contributed by atoms with van der Waals surface area (Å²) < 4.78 is 37.2. The maximum absolute atomic E-state index is 12.4. The van der Waals surface area contributed by atoms with E-state index in [9.17, 15) is 22.8 Å². The molecule has 0 spiro atoms. The van der Waals surface area contributed by atoms with Gasteiger partial charge >= 0.3 is 6.18 Å². The van der Waals surface area contributed by atoms with E-state index in [2.05, 4.69) is 5.32 Å². The van der Waals surface area contributed by atoms with Gasteiger partial charge in [-0.25, -0.2) is 0 Å². The van der Waals surface area contributed by atoms with Crippen LogP contribution in [0.1, 0.15) is 26.3 Å². The van der Waals surface area contributed by atoms with Gasteiger partial charge in [0, 0.05) is 11.1 Å². The highest BCUT2D eigenvalue weighted by atomic mass is 35.5. The lowest BCUT2D eigenvalue weighted by molar-refractivity contribution is -0.137. The Bertz CT molecular complexity index is 533. The summed E-state index contributed by atoms with van der Waals surface area (Å²) >= 11 is 5.78. The van der Waals surface area contributed by atoms with E-state index >= 15 is 0 Å². The van der Waals surface area contributed by atoms with Crippen LogP contribution in [-0.2, 0) is 15.8 Å². The van der Waals surface area contributed by atoms with E-state index in [1.165, 1.54) is 0 Å². The standard InChI is InChI=1S/C14H15ClF3NO2/c1-13(2,3)11(20)10(15)12(21)19-9-6-4-8(5-7-9)14(16,17)18/h4-7,10H,1-3H3,(H,19,21). The summed E-state index contributed by atoms with van der Waals surface area (Å²) in [5.41, 5.74) is -1.47. The SMILES string of the molecule is CC(C)(C)C(=O)C(Cl)C(=O)Nc1ccc(C(F)(F)F)cc1. The molecule has 0 radical (unpaired) electrons. The second-order valence-electron chi connectivity index (χ2n) is 5.54. The van der Waals surface area contributed by atoms with Crippen molar-refractivity contribution in [2.45, 2.75) is 32.3 Å². The Labute approximate surface area is 125 Å². The third-order valence-corrected chi connectivity index (χ3v) is 3.08. The van der Waals surface area contributed by atoms with Gasteiger partial charge in [0.25, 0.3) is 0 Å². The highest BCUT2D eigenvalue weighted by Crippen LogP contribution is 2.30. The molecule has 21 heavy (non-hydrogen) atoms. The molecular weight excluding hydrogens is 307 g/mol. The maximum atomic E-state index is 12.4. The Balaban J connectivity index is 2.78. The summed E-state index contributed by atoms with van der Waals surface area (Å²) in [6.07, 6.45) is -4.44. The van der Waals surface area contributed by atoms with Crippen molar-refractivity contribution in [3.63, 3.8) is 0 Å². The largest absolute Gasteiger partial charge is 0.416 e. The van der Waals surface area contributed by atoms with Crippen molar-refractivity contribution in [1.29, 1.82) is 0 Å². The Morgan fingerprint density at radius 1 is 1.10 bits per heavy atom. The third kappa shape index (κ3) is 4.74. The van der Waals surface area contributed by atoms with Crippen LogP contribution in [0.2, 0.25) is 0 Å². The fraction of sp³-hybridized carbons (Fsp3) is 0.429. The third-order valence-electron chi connectivity index (χ3n) is 2.68. The number of benzene rings is 1. The number of hydrogen-bond donors (Lipinski definition) is 1. The van der Waals surface area contributed by atoms with Gasteiger partial charge in [-0.05, 0) is 24.3 Å². The van der Waals surface area contributed by atoms with E-state index in [-0.39, 0.29) is 5.69 Å². The van der Waals surface area contributed by atoms with Crippen LogP contribution in [-0.4, -0.2) is 17.1 Å². The quantitative estimate of drug-likeness (QED) is 0.678. The Hall–Kier alpha value is -1.56. The zero-order valence-electron chi connectivity index (χ0n) is 11.7. The number of amides is 1. The van der Waals surface area contributed by atoms with Gasteiger partial charge in [-0.15, -0.1) is 11.6 Å². The average Bonchev–Trinajstić information content (AvgIpc) is 2.35. The van der Waals surface area contributed by atoms with Crippen LogP contribution < -0.4 is 5.32 Å². The molecule has 1 aromatic rings. The molecule has 0 saturated heterocycles. The van der Waals surface area contributed by atoms with Crippen LogP contribution in [0.15, 0.2) is 24.3 Å². The van der Waals surface area contributed by atoms with Crippen molar-refractivity contribution in [2.75, 3.05) is 5.32 Å². The van der Waals surface area contributed by atoms with Crippen LogP contribution in [0.4, 0.5) is 18.9 Å². The van der Waals surface area contributed by atoms with Crippen LogP contribution in [0.3, 0.4) is 0 Å². The number of ketones is 1. The van der Waals surface area contributed by atoms with Gasteiger partial charge in [0.05, 0.1) is 5.56 Å². The van der Waals surface area contributed by atoms with Gasteiger partial charge < -0.3 is 5.32 Å². The topological polar surface area (TPSA) is 46.2 Å². The van der Waals surface area contributed by atoms with Crippen LogP contribution in [0.5, 0.6) is 0 Å². The number of alkyl halides is 4. The number of Topliss-reactive ketones (excluding diaryl/α,β-unsaturated/α-hetero) is 1. The zero-order chi connectivity index (χ0) is 16.4. The van der Waals surface area contributed by atoms with Gasteiger partial charge in [0.15, 0.2) is 11.2 Å². The molecule has 0 bridgehead atoms. The van der Waals surface area contributed by atoms with Gasteiger partial charge in [-0.3, -0.25) is 9.59 Å². The summed E-state index contributed by atoms with van der Waals surface area (Å²) in [6.45, 7) is 4.86. The van der Waals surface area contributed by atoms with E-state index in [1.54, 1.807) is 20.8 Å². The predicted octanol–water partition coefficient (Wildman–Crippen LogP) is 3.87. The summed E-state index contributed by atoms with van der Waals surface area (Å²) in [5.74, 6) is -1.23. The summed E-state index contributed by atoms with van der Waals surface area (Å²) in [4.78, 5) is 23.6. The highest BCUT2D eigenvalue weighted by molar-refractivity contribution is 6.43. The molecule has 0 aliphatic heterocycles. The van der Waals surface area contributed by atoms with Crippen molar-refractivity contribution in [3.05, 3.63) is 29.8 Å². The molecule has 1 unspecified atom stereocenters. The Morgan fingerprint density at radius 3 is 1.95 bits per heavy atom. The molecule has 0 aliphatic rings. The lowest BCUT2D eigenvalue weighted by atomic mass is 9.88. The van der Waals surface area contributed by atoms with Gasteiger partial charge in [-0.1, -0.05) is 20.8 Å². The normalized spacial score (nSPS) is 13.7. The molecule has 7 heteroatoms. The molecule has 0 aliphatic carbocycles. The van der Waals surface area contributed by atoms with Crippen molar-refractivity contribution in [1.82, 2.24) is 0 Å². The number of hydrogen-bond acceptors (Lipinski definition) is 2. The van der Waals surface area contributed by atoms with Gasteiger partial charge in [0.1, 0.15) is 0 Å². The molecule has 1 amide bonds. The number of halogens is 4. The Morgan fingerprint density at radius 2 is 1.57 bits per heavy atom. The Kier molecular flexibility index (Phi) is 5.04. The number of anilines is 1. The molecule has 0 fully saturated rings. The van der Waals surface area contributed by atoms with Crippen LogP contribution >= 0.6 is 11.6 Å². The number of carbonyl (C=O) groups excluding carboxylic acids is 2. The first kappa shape index (κ1) is 17.5. The number of carbonyl (C=O) groups is 2. The monoisotopic (exact) mass is 321 g/mol. The summed E-state index contributed by atoms with van der Waals surface area (Å²) in [7, 11) is 0. The minimum Gasteiger partial charge on any atom is -0.324 e. The lowest BCUT2D eigenvalue weighted by Gasteiger charge is -2.20. The number of rotatable bonds is 3. The molecule has 3 nitrogen and oxygen atoms in total. The van der Waals surface area contributed by atoms with E-state index in [4.69, 9.17) is 11.6 Å². The van der Waals surface area contributed by atoms with Crippen LogP contribution in [0.25, 0.3) is 0 Å².